The van der Waals surface area contributed by atoms with E-state index in [-0.39, 0.29) is 17.9 Å². The van der Waals surface area contributed by atoms with E-state index in [9.17, 15) is 9.59 Å². The molecule has 36 heavy (non-hydrogen) atoms. The van der Waals surface area contributed by atoms with Crippen molar-refractivity contribution in [2.75, 3.05) is 18.4 Å². The minimum atomic E-state index is -0.564. The SMILES string of the molecule is CC(C)(C)OC(=O)N1CCC(c2c(C(=O)Nc3cc(Cl)cc(Cl)c3)cnn2-c2ccccc2Cl)CC1. The number of hydrogen-bond acceptors (Lipinski definition) is 4. The van der Waals surface area contributed by atoms with Crippen molar-refractivity contribution in [3.63, 3.8) is 0 Å². The Bertz CT molecular complexity index is 1260. The molecule has 10 heteroatoms. The summed E-state index contributed by atoms with van der Waals surface area (Å²) in [5, 5.41) is 8.76. The van der Waals surface area contributed by atoms with Gasteiger partial charge < -0.3 is 15.0 Å². The number of ether oxygens (including phenoxy) is 1. The lowest BCUT2D eigenvalue weighted by atomic mass is 9.90. The van der Waals surface area contributed by atoms with Gasteiger partial charge in [-0.2, -0.15) is 5.10 Å². The Labute approximate surface area is 225 Å². The van der Waals surface area contributed by atoms with Gasteiger partial charge in [0.1, 0.15) is 5.60 Å². The number of benzene rings is 2. The first-order valence-electron chi connectivity index (χ1n) is 11.6. The van der Waals surface area contributed by atoms with Crippen LogP contribution < -0.4 is 5.32 Å². The van der Waals surface area contributed by atoms with Gasteiger partial charge in [0.2, 0.25) is 0 Å². The molecular weight excluding hydrogens is 523 g/mol. The molecule has 1 aliphatic heterocycles. The summed E-state index contributed by atoms with van der Waals surface area (Å²) < 4.78 is 7.24. The molecule has 1 aliphatic rings. The van der Waals surface area contributed by atoms with Crippen LogP contribution in [0.5, 0.6) is 0 Å². The molecule has 7 nitrogen and oxygen atoms in total. The molecule has 0 saturated carbocycles. The van der Waals surface area contributed by atoms with E-state index in [0.717, 1.165) is 5.69 Å². The predicted octanol–water partition coefficient (Wildman–Crippen LogP) is 7.20. The van der Waals surface area contributed by atoms with Crippen LogP contribution in [-0.2, 0) is 4.74 Å². The van der Waals surface area contributed by atoms with Gasteiger partial charge in [0, 0.05) is 34.7 Å². The highest BCUT2D eigenvalue weighted by molar-refractivity contribution is 6.35. The van der Waals surface area contributed by atoms with Gasteiger partial charge in [-0.25, -0.2) is 9.48 Å². The first kappa shape index (κ1) is 26.3. The van der Waals surface area contributed by atoms with Gasteiger partial charge in [-0.15, -0.1) is 0 Å². The summed E-state index contributed by atoms with van der Waals surface area (Å²) in [6, 6.07) is 12.2. The Balaban J connectivity index is 1.64. The monoisotopic (exact) mass is 548 g/mol. The van der Waals surface area contributed by atoms with E-state index >= 15 is 0 Å². The number of nitrogens with one attached hydrogen (secondary N) is 1. The molecule has 0 unspecified atom stereocenters. The largest absolute Gasteiger partial charge is 0.444 e. The fourth-order valence-corrected chi connectivity index (χ4v) is 4.97. The molecule has 2 amide bonds. The first-order chi connectivity index (χ1) is 17.0. The van der Waals surface area contributed by atoms with Gasteiger partial charge in [0.05, 0.1) is 28.2 Å². The van der Waals surface area contributed by atoms with Crippen LogP contribution in [0.25, 0.3) is 5.69 Å². The van der Waals surface area contributed by atoms with E-state index in [0.29, 0.717) is 57.9 Å². The third kappa shape index (κ3) is 6.14. The third-order valence-corrected chi connectivity index (χ3v) is 6.54. The van der Waals surface area contributed by atoms with Gasteiger partial charge in [0.15, 0.2) is 0 Å². The topological polar surface area (TPSA) is 76.5 Å². The average Bonchev–Trinajstić information content (AvgIpc) is 3.23. The number of aromatic nitrogens is 2. The Kier molecular flexibility index (Phi) is 7.83. The summed E-state index contributed by atoms with van der Waals surface area (Å²) in [7, 11) is 0. The van der Waals surface area contributed by atoms with Crippen LogP contribution >= 0.6 is 34.8 Å². The maximum atomic E-state index is 13.4. The lowest BCUT2D eigenvalue weighted by Gasteiger charge is -2.34. The number of hydrogen-bond donors (Lipinski definition) is 1. The number of amides is 2. The lowest BCUT2D eigenvalue weighted by molar-refractivity contribution is 0.0203. The number of piperidine rings is 1. The molecule has 4 rings (SSSR count). The van der Waals surface area contributed by atoms with Crippen molar-refractivity contribution in [1.29, 1.82) is 0 Å². The van der Waals surface area contributed by atoms with E-state index in [1.807, 2.05) is 39.0 Å². The average molecular weight is 550 g/mol. The fraction of sp³-hybridized carbons (Fsp3) is 0.346. The fourth-order valence-electron chi connectivity index (χ4n) is 4.23. The number of rotatable bonds is 4. The van der Waals surface area contributed by atoms with E-state index in [2.05, 4.69) is 10.4 Å². The quantitative estimate of drug-likeness (QED) is 0.373. The second kappa shape index (κ2) is 10.7. The molecule has 2 heterocycles. The minimum Gasteiger partial charge on any atom is -0.444 e. The summed E-state index contributed by atoms with van der Waals surface area (Å²) in [5.74, 6) is -0.373. The Morgan fingerprint density at radius 3 is 2.28 bits per heavy atom. The van der Waals surface area contributed by atoms with E-state index in [1.54, 1.807) is 40.0 Å². The van der Waals surface area contributed by atoms with Crippen LogP contribution in [0.3, 0.4) is 0 Å². The van der Waals surface area contributed by atoms with Crippen LogP contribution in [0, 0.1) is 0 Å². The smallest absolute Gasteiger partial charge is 0.410 e. The maximum absolute atomic E-state index is 13.4. The van der Waals surface area contributed by atoms with Gasteiger partial charge in [-0.05, 0) is 63.9 Å². The van der Waals surface area contributed by atoms with Crippen LogP contribution in [0.15, 0.2) is 48.7 Å². The summed E-state index contributed by atoms with van der Waals surface area (Å²) in [4.78, 5) is 27.6. The Hall–Kier alpha value is -2.74. The summed E-state index contributed by atoms with van der Waals surface area (Å²) in [5.41, 5.74) is 1.74. The molecule has 0 radical (unpaired) electrons. The van der Waals surface area contributed by atoms with Crippen LogP contribution in [0.1, 0.15) is 55.6 Å². The number of para-hydroxylation sites is 1. The molecule has 2 aromatic carbocycles. The Morgan fingerprint density at radius 1 is 1.03 bits per heavy atom. The molecular formula is C26H27Cl3N4O3. The lowest BCUT2D eigenvalue weighted by Crippen LogP contribution is -2.41. The highest BCUT2D eigenvalue weighted by Gasteiger charge is 2.32. The number of nitrogens with zero attached hydrogens (tertiary/aromatic N) is 3. The van der Waals surface area contributed by atoms with E-state index in [1.165, 1.54) is 0 Å². The van der Waals surface area contributed by atoms with Crippen LogP contribution in [0.2, 0.25) is 15.1 Å². The van der Waals surface area contributed by atoms with Crippen molar-refractivity contribution >= 4 is 52.5 Å². The zero-order valence-corrected chi connectivity index (χ0v) is 22.5. The number of likely N-dealkylation sites (tertiary alicyclic amines) is 1. The van der Waals surface area contributed by atoms with Crippen molar-refractivity contribution in [3.8, 4) is 5.69 Å². The molecule has 0 bridgehead atoms. The van der Waals surface area contributed by atoms with E-state index in [4.69, 9.17) is 39.5 Å². The third-order valence-electron chi connectivity index (χ3n) is 5.79. The first-order valence-corrected chi connectivity index (χ1v) is 12.7. The predicted molar refractivity (Wildman–Crippen MR) is 143 cm³/mol. The van der Waals surface area contributed by atoms with Crippen molar-refractivity contribution in [1.82, 2.24) is 14.7 Å². The van der Waals surface area contributed by atoms with Gasteiger partial charge in [0.25, 0.3) is 5.91 Å². The highest BCUT2D eigenvalue weighted by Crippen LogP contribution is 2.34. The van der Waals surface area contributed by atoms with Crippen molar-refractivity contribution in [2.24, 2.45) is 0 Å². The number of carbonyl (C=O) groups excluding carboxylic acids is 2. The standard InChI is InChI=1S/C26H27Cl3N4O3/c1-26(2,3)36-25(35)32-10-8-16(9-11-32)23-20(15-30-33(23)22-7-5-4-6-21(22)29)24(34)31-19-13-17(27)12-18(28)14-19/h4-7,12-16H,8-11H2,1-3H3,(H,31,34). The molecule has 0 aliphatic carbocycles. The zero-order valence-electron chi connectivity index (χ0n) is 20.2. The summed E-state index contributed by atoms with van der Waals surface area (Å²) in [6.45, 7) is 6.53. The van der Waals surface area contributed by atoms with Gasteiger partial charge >= 0.3 is 6.09 Å². The van der Waals surface area contributed by atoms with Gasteiger partial charge in [-0.3, -0.25) is 4.79 Å². The molecule has 1 N–H and O–H groups in total. The van der Waals surface area contributed by atoms with Crippen molar-refractivity contribution in [2.45, 2.75) is 45.1 Å². The number of halogens is 3. The molecule has 1 saturated heterocycles. The molecule has 0 atom stereocenters. The zero-order chi connectivity index (χ0) is 26.0. The second-order valence-corrected chi connectivity index (χ2v) is 10.9. The molecule has 3 aromatic rings. The number of anilines is 1. The normalized spacial score (nSPS) is 14.6. The molecule has 190 valence electrons. The van der Waals surface area contributed by atoms with Gasteiger partial charge in [-0.1, -0.05) is 46.9 Å². The van der Waals surface area contributed by atoms with E-state index < -0.39 is 5.60 Å². The highest BCUT2D eigenvalue weighted by atomic mass is 35.5. The number of carbonyl (C=O) groups is 2. The molecule has 1 fully saturated rings. The van der Waals surface area contributed by atoms with Crippen LogP contribution in [-0.4, -0.2) is 45.4 Å². The molecule has 1 aromatic heterocycles. The summed E-state index contributed by atoms with van der Waals surface area (Å²) >= 11 is 18.7. The molecule has 0 spiro atoms. The maximum Gasteiger partial charge on any atom is 0.410 e. The summed E-state index contributed by atoms with van der Waals surface area (Å²) in [6.07, 6.45) is 2.48. The van der Waals surface area contributed by atoms with Crippen molar-refractivity contribution in [3.05, 3.63) is 75.0 Å². The Morgan fingerprint density at radius 2 is 1.67 bits per heavy atom. The minimum absolute atomic E-state index is 0.0360. The second-order valence-electron chi connectivity index (χ2n) is 9.66. The van der Waals surface area contributed by atoms with Crippen LogP contribution in [0.4, 0.5) is 10.5 Å². The van der Waals surface area contributed by atoms with Crippen molar-refractivity contribution < 1.29 is 14.3 Å².